The molecule has 1 aliphatic heterocycles. The molecule has 0 N–H and O–H groups in total. The molecule has 0 radical (unpaired) electrons. The second-order valence-electron chi connectivity index (χ2n) is 6.89. The van der Waals surface area contributed by atoms with Crippen LogP contribution in [0.3, 0.4) is 0 Å². The van der Waals surface area contributed by atoms with Crippen molar-refractivity contribution in [3.05, 3.63) is 71.5 Å². The van der Waals surface area contributed by atoms with E-state index in [9.17, 15) is 4.79 Å². The molecule has 0 saturated carbocycles. The highest BCUT2D eigenvalue weighted by Gasteiger charge is 2.27. The zero-order valence-corrected chi connectivity index (χ0v) is 15.2. The Morgan fingerprint density at radius 3 is 2.93 bits per heavy atom. The average Bonchev–Trinajstić information content (AvgIpc) is 3.39. The highest BCUT2D eigenvalue weighted by molar-refractivity contribution is 5.56. The normalized spacial score (nSPS) is 16.7. The molecule has 4 aromatic heterocycles. The Hall–Kier alpha value is -3.55. The Morgan fingerprint density at radius 1 is 1.07 bits per heavy atom. The Morgan fingerprint density at radius 2 is 2.04 bits per heavy atom. The van der Waals surface area contributed by atoms with Crippen LogP contribution in [0.1, 0.15) is 12.8 Å². The molecule has 0 aromatic carbocycles. The smallest absolute Gasteiger partial charge is 0.266 e. The van der Waals surface area contributed by atoms with E-state index < -0.39 is 0 Å². The molecule has 1 atom stereocenters. The minimum Gasteiger partial charge on any atom is -0.350 e. The van der Waals surface area contributed by atoms with Gasteiger partial charge in [-0.2, -0.15) is 5.10 Å². The third-order valence-corrected chi connectivity index (χ3v) is 5.12. The van der Waals surface area contributed by atoms with Crippen molar-refractivity contribution in [2.24, 2.45) is 0 Å². The number of aromatic nitrogens is 6. The highest BCUT2D eigenvalue weighted by atomic mass is 16.1. The lowest BCUT2D eigenvalue weighted by Crippen LogP contribution is -2.37. The van der Waals surface area contributed by atoms with Gasteiger partial charge < -0.3 is 4.90 Å². The van der Waals surface area contributed by atoms with Crippen LogP contribution in [0.4, 0.5) is 5.82 Å². The zero-order valence-electron chi connectivity index (χ0n) is 15.2. The zero-order chi connectivity index (χ0) is 18.9. The summed E-state index contributed by atoms with van der Waals surface area (Å²) in [6, 6.07) is 11.2. The lowest BCUT2D eigenvalue weighted by atomic mass is 10.2. The standard InChI is InChI=1S/C20H19N7O/c28-20-8-5-17(15-3-1-9-21-13-15)23-27(20)14-16-4-2-11-25(16)19-7-6-18-22-10-12-26(18)24-19/h1,3,5-10,12-13,16H,2,4,11,14H2. The van der Waals surface area contributed by atoms with Gasteiger partial charge in [0.1, 0.15) is 5.82 Å². The molecule has 28 heavy (non-hydrogen) atoms. The molecule has 140 valence electrons. The van der Waals surface area contributed by atoms with E-state index in [1.165, 1.54) is 0 Å². The molecule has 8 heteroatoms. The number of fused-ring (bicyclic) bond motifs is 1. The van der Waals surface area contributed by atoms with E-state index in [4.69, 9.17) is 0 Å². The predicted molar refractivity (Wildman–Crippen MR) is 105 cm³/mol. The summed E-state index contributed by atoms with van der Waals surface area (Å²) in [6.45, 7) is 1.44. The number of nitrogens with zero attached hydrogens (tertiary/aromatic N) is 7. The first-order valence-corrected chi connectivity index (χ1v) is 9.33. The van der Waals surface area contributed by atoms with Crippen molar-refractivity contribution in [3.63, 3.8) is 0 Å². The summed E-state index contributed by atoms with van der Waals surface area (Å²) in [6.07, 6.45) is 9.11. The summed E-state index contributed by atoms with van der Waals surface area (Å²) in [5.41, 5.74) is 2.36. The van der Waals surface area contributed by atoms with Crippen LogP contribution < -0.4 is 10.5 Å². The summed E-state index contributed by atoms with van der Waals surface area (Å²) in [7, 11) is 0. The number of imidazole rings is 1. The SMILES string of the molecule is O=c1ccc(-c2cccnc2)nn1CC1CCCN1c1ccc2nccn2n1. The van der Waals surface area contributed by atoms with Crippen molar-refractivity contribution in [2.45, 2.75) is 25.4 Å². The maximum atomic E-state index is 12.4. The van der Waals surface area contributed by atoms with Gasteiger partial charge >= 0.3 is 0 Å². The number of hydrogen-bond acceptors (Lipinski definition) is 6. The molecule has 8 nitrogen and oxygen atoms in total. The number of hydrogen-bond donors (Lipinski definition) is 0. The van der Waals surface area contributed by atoms with Crippen LogP contribution >= 0.6 is 0 Å². The third kappa shape index (κ3) is 3.02. The van der Waals surface area contributed by atoms with Crippen LogP contribution in [-0.2, 0) is 6.54 Å². The largest absolute Gasteiger partial charge is 0.350 e. The van der Waals surface area contributed by atoms with E-state index in [1.807, 2.05) is 30.5 Å². The van der Waals surface area contributed by atoms with Crippen molar-refractivity contribution >= 4 is 11.5 Å². The van der Waals surface area contributed by atoms with Gasteiger partial charge in [-0.25, -0.2) is 14.2 Å². The number of anilines is 1. The molecule has 0 aliphatic carbocycles. The minimum absolute atomic E-state index is 0.0995. The molecule has 0 spiro atoms. The van der Waals surface area contributed by atoms with E-state index in [2.05, 4.69) is 25.1 Å². The Kier molecular flexibility index (Phi) is 4.08. The first kappa shape index (κ1) is 16.6. The quantitative estimate of drug-likeness (QED) is 0.544. The molecule has 5 heterocycles. The van der Waals surface area contributed by atoms with Crippen molar-refractivity contribution in [1.29, 1.82) is 0 Å². The van der Waals surface area contributed by atoms with Gasteiger partial charge in [-0.1, -0.05) is 0 Å². The molecule has 1 aliphatic rings. The van der Waals surface area contributed by atoms with Crippen LogP contribution in [0.15, 0.2) is 66.0 Å². The van der Waals surface area contributed by atoms with Crippen molar-refractivity contribution < 1.29 is 0 Å². The molecular weight excluding hydrogens is 354 g/mol. The van der Waals surface area contributed by atoms with Crippen molar-refractivity contribution in [3.8, 4) is 11.3 Å². The van der Waals surface area contributed by atoms with Gasteiger partial charge in [0.2, 0.25) is 0 Å². The molecule has 0 bridgehead atoms. The molecule has 1 unspecified atom stereocenters. The van der Waals surface area contributed by atoms with Gasteiger partial charge in [0.25, 0.3) is 5.56 Å². The molecule has 0 amide bonds. The first-order valence-electron chi connectivity index (χ1n) is 9.33. The van der Waals surface area contributed by atoms with Gasteiger partial charge in [-0.3, -0.25) is 9.78 Å². The summed E-state index contributed by atoms with van der Waals surface area (Å²) < 4.78 is 3.33. The Balaban J connectivity index is 1.44. The summed E-state index contributed by atoms with van der Waals surface area (Å²) in [4.78, 5) is 23.0. The van der Waals surface area contributed by atoms with Crippen LogP contribution in [-0.4, -0.2) is 41.9 Å². The monoisotopic (exact) mass is 373 g/mol. The van der Waals surface area contributed by atoms with E-state index in [1.54, 1.807) is 39.9 Å². The summed E-state index contributed by atoms with van der Waals surface area (Å²) >= 11 is 0. The lowest BCUT2D eigenvalue weighted by molar-refractivity contribution is 0.488. The van der Waals surface area contributed by atoms with Crippen LogP contribution in [0.25, 0.3) is 16.9 Å². The van der Waals surface area contributed by atoms with Crippen LogP contribution in [0.5, 0.6) is 0 Å². The highest BCUT2D eigenvalue weighted by Crippen LogP contribution is 2.25. The minimum atomic E-state index is -0.0995. The Labute approximate surface area is 161 Å². The van der Waals surface area contributed by atoms with Crippen LogP contribution in [0, 0.1) is 0 Å². The topological polar surface area (TPSA) is 81.2 Å². The number of pyridine rings is 1. The molecule has 5 rings (SSSR count). The maximum absolute atomic E-state index is 12.4. The summed E-state index contributed by atoms with van der Waals surface area (Å²) in [5.74, 6) is 0.893. The second-order valence-corrected chi connectivity index (χ2v) is 6.89. The first-order chi connectivity index (χ1) is 13.8. The lowest BCUT2D eigenvalue weighted by Gasteiger charge is -2.25. The fourth-order valence-electron chi connectivity index (χ4n) is 3.73. The van der Waals surface area contributed by atoms with Gasteiger partial charge in [0.15, 0.2) is 5.65 Å². The van der Waals surface area contributed by atoms with Gasteiger partial charge in [-0.15, -0.1) is 5.10 Å². The fraction of sp³-hybridized carbons (Fsp3) is 0.250. The second kappa shape index (κ2) is 6.88. The van der Waals surface area contributed by atoms with E-state index in [0.29, 0.717) is 6.54 Å². The van der Waals surface area contributed by atoms with E-state index in [-0.39, 0.29) is 11.6 Å². The predicted octanol–water partition coefficient (Wildman–Crippen LogP) is 2.02. The average molecular weight is 373 g/mol. The van der Waals surface area contributed by atoms with E-state index >= 15 is 0 Å². The maximum Gasteiger partial charge on any atom is 0.266 e. The molecule has 1 fully saturated rings. The summed E-state index contributed by atoms with van der Waals surface area (Å²) in [5, 5.41) is 9.24. The van der Waals surface area contributed by atoms with E-state index in [0.717, 1.165) is 42.1 Å². The Bertz CT molecular complexity index is 1170. The van der Waals surface area contributed by atoms with Crippen molar-refractivity contribution in [2.75, 3.05) is 11.4 Å². The molecule has 4 aromatic rings. The van der Waals surface area contributed by atoms with Gasteiger partial charge in [0.05, 0.1) is 18.3 Å². The molecule has 1 saturated heterocycles. The third-order valence-electron chi connectivity index (χ3n) is 5.12. The molecular formula is C20H19N7O. The fourth-order valence-corrected chi connectivity index (χ4v) is 3.73. The van der Waals surface area contributed by atoms with Gasteiger partial charge in [0, 0.05) is 43.0 Å². The number of rotatable bonds is 4. The van der Waals surface area contributed by atoms with Gasteiger partial charge in [-0.05, 0) is 43.2 Å². The van der Waals surface area contributed by atoms with Crippen molar-refractivity contribution in [1.82, 2.24) is 29.4 Å². The van der Waals surface area contributed by atoms with Crippen LogP contribution in [0.2, 0.25) is 0 Å².